The molecule has 0 spiro atoms. The topological polar surface area (TPSA) is 126 Å². The molecule has 1 fully saturated rings. The molecule has 2 aromatic carbocycles. The number of hydrogen-bond donors (Lipinski definition) is 2. The van der Waals surface area contributed by atoms with E-state index in [1.165, 1.54) is 31.4 Å². The van der Waals surface area contributed by atoms with E-state index in [4.69, 9.17) is 15.2 Å². The lowest BCUT2D eigenvalue weighted by molar-refractivity contribution is -0.124. The number of amides is 2. The number of hydrogen-bond acceptors (Lipinski definition) is 6. The number of nitrogens with zero attached hydrogens (tertiary/aromatic N) is 2. The Morgan fingerprint density at radius 2 is 1.91 bits per heavy atom. The third-order valence-corrected chi connectivity index (χ3v) is 5.04. The fraction of sp³-hybridized carbons (Fsp3) is 0.217. The van der Waals surface area contributed by atoms with E-state index >= 15 is 0 Å². The second-order valence-corrected chi connectivity index (χ2v) is 7.48. The van der Waals surface area contributed by atoms with Crippen molar-refractivity contribution in [1.82, 2.24) is 15.1 Å². The number of carbonyl (C=O) groups excluding carboxylic acids is 3. The average Bonchev–Trinajstić information content (AvgIpc) is 3.53. The number of nitrogens with one attached hydrogen (secondary N) is 1. The zero-order chi connectivity index (χ0) is 23.5. The lowest BCUT2D eigenvalue weighted by Gasteiger charge is -2.10. The monoisotopic (exact) mass is 452 g/mol. The van der Waals surface area contributed by atoms with Crippen molar-refractivity contribution in [3.63, 3.8) is 0 Å². The van der Waals surface area contributed by atoms with Crippen molar-refractivity contribution in [2.75, 3.05) is 13.7 Å². The number of aromatic nitrogens is 2. The fourth-order valence-electron chi connectivity index (χ4n) is 3.32. The van der Waals surface area contributed by atoms with E-state index in [9.17, 15) is 18.8 Å². The minimum Gasteiger partial charge on any atom is -0.495 e. The van der Waals surface area contributed by atoms with E-state index < -0.39 is 18.6 Å². The summed E-state index contributed by atoms with van der Waals surface area (Å²) in [6, 6.07) is 8.01. The van der Waals surface area contributed by atoms with Crippen LogP contribution in [0.25, 0.3) is 23.1 Å². The van der Waals surface area contributed by atoms with Gasteiger partial charge in [0, 0.05) is 6.04 Å². The summed E-state index contributed by atoms with van der Waals surface area (Å²) in [7, 11) is 1.36. The van der Waals surface area contributed by atoms with E-state index in [2.05, 4.69) is 10.4 Å². The van der Waals surface area contributed by atoms with Crippen molar-refractivity contribution < 1.29 is 28.2 Å². The van der Waals surface area contributed by atoms with Crippen molar-refractivity contribution in [1.29, 1.82) is 0 Å². The molecule has 170 valence electrons. The van der Waals surface area contributed by atoms with Crippen LogP contribution in [0.15, 0.2) is 36.4 Å². The minimum atomic E-state index is -0.824. The van der Waals surface area contributed by atoms with Gasteiger partial charge in [-0.05, 0) is 48.7 Å². The second kappa shape index (κ2) is 9.11. The first-order valence-electron chi connectivity index (χ1n) is 10.2. The average molecular weight is 452 g/mol. The Balaban J connectivity index is 1.69. The maximum atomic E-state index is 13.2. The largest absolute Gasteiger partial charge is 0.495 e. The molecule has 0 saturated heterocycles. The van der Waals surface area contributed by atoms with Crippen molar-refractivity contribution in [3.05, 3.63) is 59.0 Å². The zero-order valence-corrected chi connectivity index (χ0v) is 17.7. The number of esters is 1. The summed E-state index contributed by atoms with van der Waals surface area (Å²) in [5.74, 6) is -1.40. The Kier molecular flexibility index (Phi) is 6.07. The van der Waals surface area contributed by atoms with Crippen LogP contribution in [0.3, 0.4) is 0 Å². The number of methoxy groups -OCH3 is 1. The predicted octanol–water partition coefficient (Wildman–Crippen LogP) is 2.72. The maximum absolute atomic E-state index is 13.2. The van der Waals surface area contributed by atoms with Gasteiger partial charge < -0.3 is 20.5 Å². The van der Waals surface area contributed by atoms with Crippen LogP contribution < -0.4 is 15.8 Å². The molecule has 1 aliphatic rings. The van der Waals surface area contributed by atoms with Crippen LogP contribution in [-0.4, -0.2) is 47.4 Å². The third-order valence-electron chi connectivity index (χ3n) is 5.04. The van der Waals surface area contributed by atoms with E-state index in [1.807, 2.05) is 0 Å². The smallest absolute Gasteiger partial charge is 0.342 e. The van der Waals surface area contributed by atoms with Crippen LogP contribution in [0.5, 0.6) is 5.75 Å². The van der Waals surface area contributed by atoms with Gasteiger partial charge in [0.25, 0.3) is 5.91 Å². The van der Waals surface area contributed by atoms with E-state index in [0.717, 1.165) is 17.5 Å². The number of fused-ring (bicyclic) bond motifs is 1. The van der Waals surface area contributed by atoms with Crippen molar-refractivity contribution in [2.45, 2.75) is 18.9 Å². The summed E-state index contributed by atoms with van der Waals surface area (Å²) < 4.78 is 24.8. The number of rotatable bonds is 7. The van der Waals surface area contributed by atoms with E-state index in [0.29, 0.717) is 22.2 Å². The Bertz CT molecular complexity index is 1260. The SMILES string of the molecule is COc1c(C(=O)OCC(=O)NC2CC2)ccc2c1c(C=Cc1ccc(F)cc1)nn2C(N)=O. The number of nitrogens with two attached hydrogens (primary N) is 1. The number of halogens is 1. The van der Waals surface area contributed by atoms with Gasteiger partial charge in [-0.25, -0.2) is 14.0 Å². The molecule has 33 heavy (non-hydrogen) atoms. The lowest BCUT2D eigenvalue weighted by atomic mass is 10.1. The molecule has 2 amide bonds. The third kappa shape index (κ3) is 4.84. The molecule has 0 bridgehead atoms. The standard InChI is InChI=1S/C23H21FN4O5/c1-32-21-16(22(30)33-12-19(29)26-15-7-8-15)9-11-18-20(21)17(27-28(18)23(25)31)10-4-13-2-5-14(24)6-3-13/h2-6,9-11,15H,7-8,12H2,1H3,(H2,25,31)(H,26,29). The van der Waals surface area contributed by atoms with E-state index in [-0.39, 0.29) is 29.1 Å². The molecule has 1 saturated carbocycles. The molecular weight excluding hydrogens is 431 g/mol. The van der Waals surface area contributed by atoms with Crippen LogP contribution in [-0.2, 0) is 9.53 Å². The Hall–Kier alpha value is -4.21. The predicted molar refractivity (Wildman–Crippen MR) is 118 cm³/mol. The highest BCUT2D eigenvalue weighted by molar-refractivity contribution is 6.06. The van der Waals surface area contributed by atoms with Crippen LogP contribution in [0.4, 0.5) is 9.18 Å². The van der Waals surface area contributed by atoms with Gasteiger partial charge in [-0.2, -0.15) is 9.78 Å². The molecule has 9 nitrogen and oxygen atoms in total. The molecule has 3 aromatic rings. The van der Waals surface area contributed by atoms with Crippen LogP contribution in [0.1, 0.15) is 34.5 Å². The zero-order valence-electron chi connectivity index (χ0n) is 17.7. The van der Waals surface area contributed by atoms with Gasteiger partial charge in [0.15, 0.2) is 6.61 Å². The Morgan fingerprint density at radius 3 is 2.55 bits per heavy atom. The second-order valence-electron chi connectivity index (χ2n) is 7.48. The van der Waals surface area contributed by atoms with Gasteiger partial charge in [-0.3, -0.25) is 4.79 Å². The molecule has 0 atom stereocenters. The van der Waals surface area contributed by atoms with Crippen LogP contribution in [0.2, 0.25) is 0 Å². The number of carbonyl (C=O) groups is 3. The quantitative estimate of drug-likeness (QED) is 0.531. The highest BCUT2D eigenvalue weighted by Crippen LogP contribution is 2.34. The first-order chi connectivity index (χ1) is 15.9. The Labute approximate surface area is 187 Å². The normalized spacial score (nSPS) is 13.3. The summed E-state index contributed by atoms with van der Waals surface area (Å²) in [5.41, 5.74) is 6.82. The first kappa shape index (κ1) is 22.0. The molecule has 4 rings (SSSR count). The molecule has 0 unspecified atom stereocenters. The fourth-order valence-corrected chi connectivity index (χ4v) is 3.32. The number of ether oxygens (including phenoxy) is 2. The molecule has 0 radical (unpaired) electrons. The maximum Gasteiger partial charge on any atom is 0.342 e. The molecule has 1 aromatic heterocycles. The molecule has 1 heterocycles. The number of benzene rings is 2. The van der Waals surface area contributed by atoms with Gasteiger partial charge in [0.05, 0.1) is 23.7 Å². The van der Waals surface area contributed by atoms with Gasteiger partial charge in [0.2, 0.25) is 0 Å². The summed E-state index contributed by atoms with van der Waals surface area (Å²) in [5, 5.41) is 7.32. The summed E-state index contributed by atoms with van der Waals surface area (Å²) in [4.78, 5) is 36.4. The van der Waals surface area contributed by atoms with Crippen molar-refractivity contribution >= 4 is 41.0 Å². The van der Waals surface area contributed by atoms with Gasteiger partial charge in [-0.15, -0.1) is 0 Å². The lowest BCUT2D eigenvalue weighted by Crippen LogP contribution is -2.30. The first-order valence-corrected chi connectivity index (χ1v) is 10.2. The Morgan fingerprint density at radius 1 is 1.18 bits per heavy atom. The van der Waals surface area contributed by atoms with Crippen LogP contribution in [0, 0.1) is 5.82 Å². The van der Waals surface area contributed by atoms with E-state index in [1.54, 1.807) is 24.3 Å². The van der Waals surface area contributed by atoms with Gasteiger partial charge >= 0.3 is 12.0 Å². The van der Waals surface area contributed by atoms with Gasteiger partial charge in [-0.1, -0.05) is 18.2 Å². The molecule has 10 heteroatoms. The molecule has 0 aliphatic heterocycles. The minimum absolute atomic E-state index is 0.0599. The van der Waals surface area contributed by atoms with Crippen LogP contribution >= 0.6 is 0 Å². The highest BCUT2D eigenvalue weighted by Gasteiger charge is 2.26. The molecular formula is C23H21FN4O5. The molecule has 3 N–H and O–H groups in total. The van der Waals surface area contributed by atoms with Gasteiger partial charge in [0.1, 0.15) is 17.1 Å². The highest BCUT2D eigenvalue weighted by atomic mass is 19.1. The van der Waals surface area contributed by atoms with Crippen molar-refractivity contribution in [3.8, 4) is 5.75 Å². The number of primary amides is 1. The summed E-state index contributed by atoms with van der Waals surface area (Å²) in [6.07, 6.45) is 5.10. The molecule has 1 aliphatic carbocycles. The van der Waals surface area contributed by atoms with Crippen molar-refractivity contribution in [2.24, 2.45) is 5.73 Å². The summed E-state index contributed by atoms with van der Waals surface area (Å²) in [6.45, 7) is -0.422. The summed E-state index contributed by atoms with van der Waals surface area (Å²) >= 11 is 0.